The second kappa shape index (κ2) is 4.15. The Morgan fingerprint density at radius 2 is 1.88 bits per heavy atom. The Hall–Kier alpha value is -1.53. The molecule has 3 heteroatoms. The molecule has 0 saturated heterocycles. The highest BCUT2D eigenvalue weighted by atomic mass is 16.3. The molecule has 86 valence electrons. The average molecular weight is 218 g/mol. The molecule has 0 heterocycles. The maximum absolute atomic E-state index is 10.0. The molecule has 3 nitrogen and oxygen atoms in total. The molecule has 1 rings (SSSR count). The highest BCUT2D eigenvalue weighted by Gasteiger charge is 2.34. The second-order valence-corrected chi connectivity index (χ2v) is 5.00. The van der Waals surface area contributed by atoms with Crippen LogP contribution in [0.4, 0.5) is 5.69 Å². The van der Waals surface area contributed by atoms with Crippen LogP contribution < -0.4 is 5.32 Å². The van der Waals surface area contributed by atoms with E-state index in [1.165, 1.54) is 0 Å². The lowest BCUT2D eigenvalue weighted by Gasteiger charge is -2.38. The van der Waals surface area contributed by atoms with Crippen molar-refractivity contribution in [1.29, 1.82) is 5.26 Å². The number of nitrogens with zero attached hydrogens (tertiary/aromatic N) is 1. The highest BCUT2D eigenvalue weighted by Crippen LogP contribution is 2.26. The minimum Gasteiger partial charge on any atom is -0.388 e. The van der Waals surface area contributed by atoms with Crippen LogP contribution in [0.2, 0.25) is 0 Å². The standard InChI is InChI=1S/C13H18N2O/c1-12(2,13(3,4)16)15-11-7-5-6-10(8-11)9-14/h5-8,15-16H,1-4H3. The number of nitriles is 1. The van der Waals surface area contributed by atoms with Gasteiger partial charge in [-0.15, -0.1) is 0 Å². The van der Waals surface area contributed by atoms with E-state index >= 15 is 0 Å². The van der Waals surface area contributed by atoms with E-state index in [0.717, 1.165) is 5.69 Å². The van der Waals surface area contributed by atoms with E-state index in [4.69, 9.17) is 5.26 Å². The Kier molecular flexibility index (Phi) is 3.25. The summed E-state index contributed by atoms with van der Waals surface area (Å²) >= 11 is 0. The van der Waals surface area contributed by atoms with Crippen molar-refractivity contribution in [3.05, 3.63) is 29.8 Å². The van der Waals surface area contributed by atoms with Gasteiger partial charge in [0, 0.05) is 5.69 Å². The first-order valence-electron chi connectivity index (χ1n) is 5.27. The number of nitrogens with one attached hydrogen (secondary N) is 1. The minimum atomic E-state index is -0.852. The maximum Gasteiger partial charge on any atom is 0.0992 e. The molecule has 0 atom stereocenters. The van der Waals surface area contributed by atoms with E-state index in [0.29, 0.717) is 5.56 Å². The van der Waals surface area contributed by atoms with Crippen molar-refractivity contribution in [3.63, 3.8) is 0 Å². The first-order valence-corrected chi connectivity index (χ1v) is 5.27. The van der Waals surface area contributed by atoms with E-state index < -0.39 is 11.1 Å². The van der Waals surface area contributed by atoms with Crippen LogP contribution in [0.15, 0.2) is 24.3 Å². The van der Waals surface area contributed by atoms with E-state index in [-0.39, 0.29) is 0 Å². The SMILES string of the molecule is CC(C)(O)C(C)(C)Nc1cccc(C#N)c1. The number of hydrogen-bond donors (Lipinski definition) is 2. The van der Waals surface area contributed by atoms with Crippen molar-refractivity contribution in [2.24, 2.45) is 0 Å². The summed E-state index contributed by atoms with van der Waals surface area (Å²) in [6.07, 6.45) is 0. The summed E-state index contributed by atoms with van der Waals surface area (Å²) in [6.45, 7) is 7.36. The van der Waals surface area contributed by atoms with Gasteiger partial charge in [-0.05, 0) is 45.9 Å². The lowest BCUT2D eigenvalue weighted by Crippen LogP contribution is -2.51. The number of hydrogen-bond acceptors (Lipinski definition) is 3. The Balaban J connectivity index is 2.93. The number of rotatable bonds is 3. The van der Waals surface area contributed by atoms with Crippen LogP contribution in [-0.4, -0.2) is 16.2 Å². The topological polar surface area (TPSA) is 56.0 Å². The summed E-state index contributed by atoms with van der Waals surface area (Å²) in [6, 6.07) is 9.32. The molecule has 0 saturated carbocycles. The molecule has 0 amide bonds. The molecule has 0 bridgehead atoms. The van der Waals surface area contributed by atoms with Gasteiger partial charge in [-0.1, -0.05) is 6.07 Å². The highest BCUT2D eigenvalue weighted by molar-refractivity contribution is 5.51. The van der Waals surface area contributed by atoms with E-state index in [1.54, 1.807) is 26.0 Å². The number of aliphatic hydroxyl groups is 1. The van der Waals surface area contributed by atoms with Gasteiger partial charge < -0.3 is 10.4 Å². The van der Waals surface area contributed by atoms with Crippen molar-refractivity contribution in [2.45, 2.75) is 38.8 Å². The summed E-state index contributed by atoms with van der Waals surface area (Å²) in [7, 11) is 0. The van der Waals surface area contributed by atoms with Crippen molar-refractivity contribution >= 4 is 5.69 Å². The Morgan fingerprint density at radius 1 is 1.25 bits per heavy atom. The van der Waals surface area contributed by atoms with E-state index in [9.17, 15) is 5.11 Å². The molecule has 0 spiro atoms. The predicted molar refractivity (Wildman–Crippen MR) is 65.2 cm³/mol. The first-order chi connectivity index (χ1) is 7.26. The summed E-state index contributed by atoms with van der Waals surface area (Å²) in [4.78, 5) is 0. The van der Waals surface area contributed by atoms with Crippen molar-refractivity contribution in [1.82, 2.24) is 0 Å². The smallest absolute Gasteiger partial charge is 0.0992 e. The van der Waals surface area contributed by atoms with Crippen molar-refractivity contribution in [2.75, 3.05) is 5.32 Å². The van der Waals surface area contributed by atoms with Crippen LogP contribution in [-0.2, 0) is 0 Å². The Labute approximate surface area is 96.7 Å². The molecule has 0 unspecified atom stereocenters. The number of anilines is 1. The summed E-state index contributed by atoms with van der Waals surface area (Å²) < 4.78 is 0. The lowest BCUT2D eigenvalue weighted by molar-refractivity contribution is 0.0240. The van der Waals surface area contributed by atoms with Gasteiger partial charge in [-0.25, -0.2) is 0 Å². The van der Waals surface area contributed by atoms with Gasteiger partial charge in [0.2, 0.25) is 0 Å². The summed E-state index contributed by atoms with van der Waals surface area (Å²) in [5.41, 5.74) is 0.124. The summed E-state index contributed by atoms with van der Waals surface area (Å²) in [5.74, 6) is 0. The van der Waals surface area contributed by atoms with Crippen LogP contribution in [0.25, 0.3) is 0 Å². The van der Waals surface area contributed by atoms with Crippen LogP contribution >= 0.6 is 0 Å². The first kappa shape index (κ1) is 12.5. The van der Waals surface area contributed by atoms with Crippen LogP contribution in [0, 0.1) is 11.3 Å². The maximum atomic E-state index is 10.0. The zero-order chi connectivity index (χ0) is 12.4. The van der Waals surface area contributed by atoms with E-state index in [1.807, 2.05) is 26.0 Å². The largest absolute Gasteiger partial charge is 0.388 e. The van der Waals surface area contributed by atoms with E-state index in [2.05, 4.69) is 11.4 Å². The van der Waals surface area contributed by atoms with Crippen LogP contribution in [0.3, 0.4) is 0 Å². The molecule has 0 aromatic heterocycles. The van der Waals surface area contributed by atoms with Crippen LogP contribution in [0.5, 0.6) is 0 Å². The van der Waals surface area contributed by atoms with Gasteiger partial charge in [0.15, 0.2) is 0 Å². The molecule has 16 heavy (non-hydrogen) atoms. The molecule has 1 aromatic rings. The predicted octanol–water partition coefficient (Wildman–Crippen LogP) is 2.52. The molecular weight excluding hydrogens is 200 g/mol. The van der Waals surface area contributed by atoms with Crippen molar-refractivity contribution in [3.8, 4) is 6.07 Å². The molecule has 0 fully saturated rings. The monoisotopic (exact) mass is 218 g/mol. The molecule has 0 aliphatic rings. The van der Waals surface area contributed by atoms with Gasteiger partial charge >= 0.3 is 0 Å². The lowest BCUT2D eigenvalue weighted by atomic mass is 9.85. The Bertz CT molecular complexity index is 411. The third-order valence-electron chi connectivity index (χ3n) is 2.98. The fourth-order valence-corrected chi connectivity index (χ4v) is 1.18. The fourth-order valence-electron chi connectivity index (χ4n) is 1.18. The van der Waals surface area contributed by atoms with Gasteiger partial charge in [0.05, 0.1) is 22.8 Å². The molecular formula is C13H18N2O. The second-order valence-electron chi connectivity index (χ2n) is 5.00. The zero-order valence-corrected chi connectivity index (χ0v) is 10.2. The normalized spacial score (nSPS) is 12.0. The number of benzene rings is 1. The van der Waals surface area contributed by atoms with Gasteiger partial charge in [0.25, 0.3) is 0 Å². The summed E-state index contributed by atoms with van der Waals surface area (Å²) in [5, 5.41) is 22.0. The molecule has 0 aliphatic carbocycles. The van der Waals surface area contributed by atoms with Crippen molar-refractivity contribution < 1.29 is 5.11 Å². The third kappa shape index (κ3) is 2.74. The average Bonchev–Trinajstić information content (AvgIpc) is 2.15. The Morgan fingerprint density at radius 3 is 2.38 bits per heavy atom. The minimum absolute atomic E-state index is 0.471. The van der Waals surface area contributed by atoms with Crippen LogP contribution in [0.1, 0.15) is 33.3 Å². The zero-order valence-electron chi connectivity index (χ0n) is 10.2. The fraction of sp³-hybridized carbons (Fsp3) is 0.462. The van der Waals surface area contributed by atoms with Gasteiger partial charge in [0.1, 0.15) is 0 Å². The quantitative estimate of drug-likeness (QED) is 0.819. The third-order valence-corrected chi connectivity index (χ3v) is 2.98. The molecule has 2 N–H and O–H groups in total. The molecule has 1 aromatic carbocycles. The molecule has 0 radical (unpaired) electrons. The van der Waals surface area contributed by atoms with Gasteiger partial charge in [-0.2, -0.15) is 5.26 Å². The van der Waals surface area contributed by atoms with Gasteiger partial charge in [-0.3, -0.25) is 0 Å². The molecule has 0 aliphatic heterocycles.